The van der Waals surface area contributed by atoms with Gasteiger partial charge >= 0.3 is 0 Å². The number of hydrogen-bond donors (Lipinski definition) is 1. The van der Waals surface area contributed by atoms with Crippen molar-refractivity contribution in [3.63, 3.8) is 0 Å². The van der Waals surface area contributed by atoms with Crippen molar-refractivity contribution in [3.8, 4) is 0 Å². The van der Waals surface area contributed by atoms with Crippen LogP contribution in [0.2, 0.25) is 0 Å². The monoisotopic (exact) mass is 299 g/mol. The molecule has 1 heterocycles. The Balaban J connectivity index is 1.78. The van der Waals surface area contributed by atoms with Crippen LogP contribution in [0.25, 0.3) is 0 Å². The summed E-state index contributed by atoms with van der Waals surface area (Å²) in [6, 6.07) is 1.86. The van der Waals surface area contributed by atoms with Gasteiger partial charge in [0, 0.05) is 20.2 Å². The maximum absolute atomic E-state index is 5.65. The first kappa shape index (κ1) is 12.6. The number of halogens is 1. The Morgan fingerprint density at radius 2 is 2.35 bits per heavy atom. The number of aromatic nitrogens is 1. The zero-order valence-electron chi connectivity index (χ0n) is 10.0. The highest BCUT2D eigenvalue weighted by molar-refractivity contribution is 9.10. The van der Waals surface area contributed by atoms with E-state index in [0.717, 1.165) is 36.0 Å². The molecule has 0 spiro atoms. The molecule has 0 atom stereocenters. The number of nitrogens with two attached hydrogens (primary N) is 1. The molecule has 1 aliphatic carbocycles. The smallest absolute Gasteiger partial charge is 0.142 e. The number of anilines is 2. The van der Waals surface area contributed by atoms with E-state index in [0.29, 0.717) is 5.69 Å². The van der Waals surface area contributed by atoms with E-state index in [1.54, 1.807) is 6.20 Å². The van der Waals surface area contributed by atoms with Gasteiger partial charge in [-0.2, -0.15) is 0 Å². The van der Waals surface area contributed by atoms with E-state index < -0.39 is 0 Å². The maximum atomic E-state index is 5.65. The number of rotatable bonds is 6. The van der Waals surface area contributed by atoms with E-state index >= 15 is 0 Å². The molecule has 94 valence electrons. The third kappa shape index (κ3) is 3.85. The third-order valence-corrected chi connectivity index (χ3v) is 3.41. The SMILES string of the molecule is CN(CCOCC1CC1)c1ncc(N)cc1Br. The Morgan fingerprint density at radius 1 is 1.59 bits per heavy atom. The number of hydrogen-bond acceptors (Lipinski definition) is 4. The predicted molar refractivity (Wildman–Crippen MR) is 73.2 cm³/mol. The Hall–Kier alpha value is -0.810. The van der Waals surface area contributed by atoms with Gasteiger partial charge in [-0.25, -0.2) is 4.98 Å². The molecule has 2 N–H and O–H groups in total. The molecular weight excluding hydrogens is 282 g/mol. The van der Waals surface area contributed by atoms with Crippen molar-refractivity contribution in [2.45, 2.75) is 12.8 Å². The average molecular weight is 300 g/mol. The Kier molecular flexibility index (Phi) is 4.23. The van der Waals surface area contributed by atoms with Gasteiger partial charge in [0.1, 0.15) is 5.82 Å². The standard InChI is InChI=1S/C12H18BrN3O/c1-16(4-5-17-8-9-2-3-9)12-11(13)6-10(14)7-15-12/h6-7,9H,2-5,8,14H2,1H3. The number of pyridine rings is 1. The molecule has 1 aromatic heterocycles. The number of nitrogen functional groups attached to an aromatic ring is 1. The first-order valence-corrected chi connectivity index (χ1v) is 6.66. The maximum Gasteiger partial charge on any atom is 0.142 e. The highest BCUT2D eigenvalue weighted by Gasteiger charge is 2.21. The molecule has 0 aliphatic heterocycles. The summed E-state index contributed by atoms with van der Waals surface area (Å²) < 4.78 is 6.52. The fourth-order valence-corrected chi connectivity index (χ4v) is 2.24. The second kappa shape index (κ2) is 5.69. The molecule has 0 aromatic carbocycles. The topological polar surface area (TPSA) is 51.4 Å². The fourth-order valence-electron chi connectivity index (χ4n) is 1.57. The van der Waals surface area contributed by atoms with Gasteiger partial charge in [0.2, 0.25) is 0 Å². The van der Waals surface area contributed by atoms with E-state index in [1.165, 1.54) is 12.8 Å². The van der Waals surface area contributed by atoms with E-state index in [-0.39, 0.29) is 0 Å². The van der Waals surface area contributed by atoms with Gasteiger partial charge in [0.15, 0.2) is 0 Å². The van der Waals surface area contributed by atoms with Crippen LogP contribution in [0.15, 0.2) is 16.7 Å². The van der Waals surface area contributed by atoms with Gasteiger partial charge in [0.05, 0.1) is 23.0 Å². The quantitative estimate of drug-likeness (QED) is 0.819. The van der Waals surface area contributed by atoms with Crippen LogP contribution in [0.5, 0.6) is 0 Å². The van der Waals surface area contributed by atoms with Gasteiger partial charge < -0.3 is 15.4 Å². The normalized spacial score (nSPS) is 14.9. The van der Waals surface area contributed by atoms with Gasteiger partial charge in [-0.1, -0.05) is 0 Å². The second-order valence-electron chi connectivity index (χ2n) is 4.51. The van der Waals surface area contributed by atoms with Crippen LogP contribution in [0.3, 0.4) is 0 Å². The van der Waals surface area contributed by atoms with Crippen molar-refractivity contribution in [3.05, 3.63) is 16.7 Å². The Bertz CT molecular complexity index is 382. The van der Waals surface area contributed by atoms with E-state index in [9.17, 15) is 0 Å². The Labute approximate surface area is 110 Å². The summed E-state index contributed by atoms with van der Waals surface area (Å²) in [7, 11) is 2.00. The van der Waals surface area contributed by atoms with Crippen molar-refractivity contribution < 1.29 is 4.74 Å². The second-order valence-corrected chi connectivity index (χ2v) is 5.37. The lowest BCUT2D eigenvalue weighted by atomic mass is 10.4. The number of ether oxygens (including phenoxy) is 1. The lowest BCUT2D eigenvalue weighted by Crippen LogP contribution is -2.24. The largest absolute Gasteiger partial charge is 0.397 e. The zero-order valence-corrected chi connectivity index (χ0v) is 11.6. The molecule has 2 rings (SSSR count). The molecule has 17 heavy (non-hydrogen) atoms. The van der Waals surface area contributed by atoms with Crippen LogP contribution < -0.4 is 10.6 Å². The first-order chi connectivity index (χ1) is 8.16. The average Bonchev–Trinajstić information content (AvgIpc) is 3.08. The molecule has 5 heteroatoms. The minimum atomic E-state index is 0.666. The zero-order chi connectivity index (χ0) is 12.3. The van der Waals surface area contributed by atoms with E-state index in [2.05, 4.69) is 25.8 Å². The van der Waals surface area contributed by atoms with Crippen LogP contribution in [0.1, 0.15) is 12.8 Å². The number of nitrogens with zero attached hydrogens (tertiary/aromatic N) is 2. The highest BCUT2D eigenvalue weighted by atomic mass is 79.9. The summed E-state index contributed by atoms with van der Waals surface area (Å²) in [5.41, 5.74) is 6.32. The summed E-state index contributed by atoms with van der Waals surface area (Å²) in [6.07, 6.45) is 4.34. The van der Waals surface area contributed by atoms with Crippen molar-refractivity contribution >= 4 is 27.4 Å². The van der Waals surface area contributed by atoms with Crippen LogP contribution >= 0.6 is 15.9 Å². The molecule has 1 fully saturated rings. The van der Waals surface area contributed by atoms with Crippen molar-refractivity contribution in [2.75, 3.05) is 37.4 Å². The van der Waals surface area contributed by atoms with Gasteiger partial charge in [-0.05, 0) is 40.8 Å². The van der Waals surface area contributed by atoms with Crippen LogP contribution in [-0.4, -0.2) is 31.8 Å². The summed E-state index contributed by atoms with van der Waals surface area (Å²) in [5, 5.41) is 0. The van der Waals surface area contributed by atoms with Crippen LogP contribution in [0.4, 0.5) is 11.5 Å². The minimum Gasteiger partial charge on any atom is -0.397 e. The number of likely N-dealkylation sites (N-methyl/N-ethyl adjacent to an activating group) is 1. The Morgan fingerprint density at radius 3 is 3.00 bits per heavy atom. The van der Waals surface area contributed by atoms with Gasteiger partial charge in [0.25, 0.3) is 0 Å². The lowest BCUT2D eigenvalue weighted by Gasteiger charge is -2.19. The molecule has 0 unspecified atom stereocenters. The van der Waals surface area contributed by atoms with Gasteiger partial charge in [-0.15, -0.1) is 0 Å². The van der Waals surface area contributed by atoms with E-state index in [1.807, 2.05) is 13.1 Å². The molecule has 1 aliphatic rings. The minimum absolute atomic E-state index is 0.666. The molecule has 0 amide bonds. The fraction of sp³-hybridized carbons (Fsp3) is 0.583. The molecule has 1 saturated carbocycles. The first-order valence-electron chi connectivity index (χ1n) is 5.86. The van der Waals surface area contributed by atoms with Crippen molar-refractivity contribution in [1.29, 1.82) is 0 Å². The van der Waals surface area contributed by atoms with Crippen LogP contribution in [-0.2, 0) is 4.74 Å². The predicted octanol–water partition coefficient (Wildman–Crippen LogP) is 2.29. The molecule has 0 bridgehead atoms. The lowest BCUT2D eigenvalue weighted by molar-refractivity contribution is 0.130. The summed E-state index contributed by atoms with van der Waals surface area (Å²) in [4.78, 5) is 6.37. The van der Waals surface area contributed by atoms with Gasteiger partial charge in [-0.3, -0.25) is 0 Å². The van der Waals surface area contributed by atoms with Crippen LogP contribution in [0, 0.1) is 5.92 Å². The summed E-state index contributed by atoms with van der Waals surface area (Å²) >= 11 is 3.46. The summed E-state index contributed by atoms with van der Waals surface area (Å²) in [5.74, 6) is 1.72. The molecule has 4 nitrogen and oxygen atoms in total. The van der Waals surface area contributed by atoms with Crippen molar-refractivity contribution in [2.24, 2.45) is 5.92 Å². The van der Waals surface area contributed by atoms with E-state index in [4.69, 9.17) is 10.5 Å². The molecule has 0 radical (unpaired) electrons. The molecule has 1 aromatic rings. The highest BCUT2D eigenvalue weighted by Crippen LogP contribution is 2.29. The third-order valence-electron chi connectivity index (χ3n) is 2.83. The molecule has 0 saturated heterocycles. The van der Waals surface area contributed by atoms with Crippen molar-refractivity contribution in [1.82, 2.24) is 4.98 Å². The summed E-state index contributed by atoms with van der Waals surface area (Å²) in [6.45, 7) is 2.48. The molecular formula is C12H18BrN3O.